The normalized spacial score (nSPS) is 22.9. The number of nitrogens with zero attached hydrogens (tertiary/aromatic N) is 2. The van der Waals surface area contributed by atoms with Crippen LogP contribution in [0.25, 0.3) is 0 Å². The fourth-order valence-electron chi connectivity index (χ4n) is 4.70. The minimum atomic E-state index is 0.0651. The third kappa shape index (κ3) is 2.69. The Bertz CT molecular complexity index is 908. The molecule has 27 heavy (non-hydrogen) atoms. The van der Waals surface area contributed by atoms with Gasteiger partial charge in [-0.05, 0) is 29.3 Å². The Morgan fingerprint density at radius 2 is 1.89 bits per heavy atom. The summed E-state index contributed by atoms with van der Waals surface area (Å²) in [5.41, 5.74) is 3.56. The lowest BCUT2D eigenvalue weighted by atomic mass is 9.75. The molecule has 1 unspecified atom stereocenters. The summed E-state index contributed by atoms with van der Waals surface area (Å²) < 4.78 is 10.8. The molecule has 0 radical (unpaired) electrons. The van der Waals surface area contributed by atoms with Gasteiger partial charge in [0.2, 0.25) is 6.79 Å². The summed E-state index contributed by atoms with van der Waals surface area (Å²) >= 11 is 0. The van der Waals surface area contributed by atoms with Crippen LogP contribution in [0.4, 0.5) is 0 Å². The van der Waals surface area contributed by atoms with Crippen LogP contribution < -0.4 is 9.47 Å². The molecule has 5 nitrogen and oxygen atoms in total. The summed E-state index contributed by atoms with van der Waals surface area (Å²) in [4.78, 5) is 17.6. The zero-order valence-corrected chi connectivity index (χ0v) is 15.8. The van der Waals surface area contributed by atoms with Gasteiger partial charge >= 0.3 is 0 Å². The van der Waals surface area contributed by atoms with E-state index in [2.05, 4.69) is 43.0 Å². The first-order valence-electron chi connectivity index (χ1n) is 9.55. The van der Waals surface area contributed by atoms with E-state index in [0.717, 1.165) is 26.2 Å². The second-order valence-electron chi connectivity index (χ2n) is 8.28. The predicted octanol–water partition coefficient (Wildman–Crippen LogP) is 3.21. The molecule has 2 aromatic carbocycles. The highest BCUT2D eigenvalue weighted by atomic mass is 16.7. The van der Waals surface area contributed by atoms with E-state index in [1.54, 1.807) is 6.07 Å². The highest BCUT2D eigenvalue weighted by Gasteiger charge is 2.41. The molecule has 5 heteroatoms. The molecule has 1 amide bonds. The first-order chi connectivity index (χ1) is 13.0. The van der Waals surface area contributed by atoms with Gasteiger partial charge in [0.25, 0.3) is 5.91 Å². The number of carbonyl (C=O) groups excluding carboxylic acids is 1. The first-order valence-corrected chi connectivity index (χ1v) is 9.55. The second-order valence-corrected chi connectivity index (χ2v) is 8.28. The molecule has 5 rings (SSSR count). The molecule has 1 saturated heterocycles. The summed E-state index contributed by atoms with van der Waals surface area (Å²) in [6, 6.07) is 14.4. The van der Waals surface area contributed by atoms with Crippen molar-refractivity contribution in [1.82, 2.24) is 9.80 Å². The first kappa shape index (κ1) is 16.6. The van der Waals surface area contributed by atoms with Crippen LogP contribution in [-0.2, 0) is 5.41 Å². The van der Waals surface area contributed by atoms with Crippen molar-refractivity contribution < 1.29 is 14.3 Å². The van der Waals surface area contributed by atoms with E-state index < -0.39 is 0 Å². The van der Waals surface area contributed by atoms with Crippen molar-refractivity contribution in [3.8, 4) is 11.5 Å². The Kier molecular flexibility index (Phi) is 3.69. The van der Waals surface area contributed by atoms with Gasteiger partial charge in [-0.25, -0.2) is 0 Å². The van der Waals surface area contributed by atoms with Crippen LogP contribution in [0.5, 0.6) is 11.5 Å². The van der Waals surface area contributed by atoms with Gasteiger partial charge in [0.15, 0.2) is 11.5 Å². The van der Waals surface area contributed by atoms with Crippen molar-refractivity contribution in [3.63, 3.8) is 0 Å². The van der Waals surface area contributed by atoms with Gasteiger partial charge in [-0.2, -0.15) is 0 Å². The van der Waals surface area contributed by atoms with E-state index in [4.69, 9.17) is 9.47 Å². The third-order valence-corrected chi connectivity index (χ3v) is 6.05. The molecule has 0 spiro atoms. The van der Waals surface area contributed by atoms with Crippen molar-refractivity contribution in [1.29, 1.82) is 0 Å². The second kappa shape index (κ2) is 5.99. The number of hydrogen-bond donors (Lipinski definition) is 0. The lowest BCUT2D eigenvalue weighted by Gasteiger charge is -2.50. The molecule has 2 aromatic rings. The molecule has 0 N–H and O–H groups in total. The Balaban J connectivity index is 1.42. The van der Waals surface area contributed by atoms with Crippen molar-refractivity contribution in [3.05, 3.63) is 59.2 Å². The van der Waals surface area contributed by atoms with Crippen molar-refractivity contribution in [2.75, 3.05) is 33.0 Å². The standard InChI is InChI=1S/C22H24N2O3/c1-22(2)13-24-10-9-23(12-18(24)16-5-3-4-6-17(16)22)21(25)15-7-8-19-20(11-15)27-14-26-19/h3-8,11,18H,9-10,12-14H2,1-2H3. The quantitative estimate of drug-likeness (QED) is 0.779. The van der Waals surface area contributed by atoms with Crippen LogP contribution in [0.1, 0.15) is 41.4 Å². The lowest BCUT2D eigenvalue weighted by Crippen LogP contribution is -2.55. The number of amides is 1. The summed E-state index contributed by atoms with van der Waals surface area (Å²) in [6.07, 6.45) is 0. The van der Waals surface area contributed by atoms with E-state index >= 15 is 0 Å². The summed E-state index contributed by atoms with van der Waals surface area (Å²) in [5.74, 6) is 1.43. The van der Waals surface area contributed by atoms with Crippen LogP contribution in [0.2, 0.25) is 0 Å². The maximum Gasteiger partial charge on any atom is 0.254 e. The maximum atomic E-state index is 13.1. The Morgan fingerprint density at radius 1 is 1.07 bits per heavy atom. The zero-order valence-electron chi connectivity index (χ0n) is 15.8. The van der Waals surface area contributed by atoms with Crippen LogP contribution in [0.3, 0.4) is 0 Å². The number of carbonyl (C=O) groups is 1. The molecule has 0 saturated carbocycles. The largest absolute Gasteiger partial charge is 0.454 e. The number of hydrogen-bond acceptors (Lipinski definition) is 4. The predicted molar refractivity (Wildman–Crippen MR) is 102 cm³/mol. The number of benzene rings is 2. The molecule has 3 aliphatic rings. The molecular formula is C22H24N2O3. The Labute approximate surface area is 159 Å². The molecule has 1 atom stereocenters. The molecular weight excluding hydrogens is 340 g/mol. The fourth-order valence-corrected chi connectivity index (χ4v) is 4.70. The van der Waals surface area contributed by atoms with Gasteiger partial charge < -0.3 is 14.4 Å². The number of rotatable bonds is 1. The minimum absolute atomic E-state index is 0.0651. The topological polar surface area (TPSA) is 42.0 Å². The SMILES string of the molecule is CC1(C)CN2CCN(C(=O)c3ccc4c(c3)OCO4)CC2c2ccccc21. The molecule has 3 aliphatic heterocycles. The van der Waals surface area contributed by atoms with E-state index in [1.807, 2.05) is 17.0 Å². The average molecular weight is 364 g/mol. The van der Waals surface area contributed by atoms with Crippen molar-refractivity contribution in [2.24, 2.45) is 0 Å². The van der Waals surface area contributed by atoms with E-state index in [1.165, 1.54) is 11.1 Å². The van der Waals surface area contributed by atoms with Gasteiger partial charge in [-0.1, -0.05) is 38.1 Å². The maximum absolute atomic E-state index is 13.1. The molecule has 0 aromatic heterocycles. The minimum Gasteiger partial charge on any atom is -0.454 e. The van der Waals surface area contributed by atoms with Crippen molar-refractivity contribution >= 4 is 5.91 Å². The molecule has 140 valence electrons. The van der Waals surface area contributed by atoms with Crippen LogP contribution in [0, 0.1) is 0 Å². The van der Waals surface area contributed by atoms with Gasteiger partial charge in [-0.3, -0.25) is 9.69 Å². The molecule has 1 fully saturated rings. The third-order valence-electron chi connectivity index (χ3n) is 6.05. The van der Waals surface area contributed by atoms with Crippen LogP contribution in [-0.4, -0.2) is 48.7 Å². The van der Waals surface area contributed by atoms with E-state index in [0.29, 0.717) is 17.1 Å². The Hall–Kier alpha value is -2.53. The van der Waals surface area contributed by atoms with Gasteiger partial charge in [0.1, 0.15) is 0 Å². The molecule has 0 bridgehead atoms. The highest BCUT2D eigenvalue weighted by Crippen LogP contribution is 2.41. The van der Waals surface area contributed by atoms with Gasteiger partial charge in [0.05, 0.1) is 6.04 Å². The van der Waals surface area contributed by atoms with Gasteiger partial charge in [-0.15, -0.1) is 0 Å². The lowest BCUT2D eigenvalue weighted by molar-refractivity contribution is 0.0359. The molecule has 0 aliphatic carbocycles. The number of ether oxygens (including phenoxy) is 2. The fraction of sp³-hybridized carbons (Fsp3) is 0.409. The smallest absolute Gasteiger partial charge is 0.254 e. The van der Waals surface area contributed by atoms with Crippen LogP contribution in [0.15, 0.2) is 42.5 Å². The summed E-state index contributed by atoms with van der Waals surface area (Å²) in [5, 5.41) is 0. The number of piperazine rings is 1. The zero-order chi connectivity index (χ0) is 18.6. The monoisotopic (exact) mass is 364 g/mol. The average Bonchev–Trinajstić information content (AvgIpc) is 3.15. The number of fused-ring (bicyclic) bond motifs is 4. The van der Waals surface area contributed by atoms with Crippen molar-refractivity contribution in [2.45, 2.75) is 25.3 Å². The highest BCUT2D eigenvalue weighted by molar-refractivity contribution is 5.95. The summed E-state index contributed by atoms with van der Waals surface area (Å²) in [7, 11) is 0. The molecule has 3 heterocycles. The Morgan fingerprint density at radius 3 is 2.78 bits per heavy atom. The van der Waals surface area contributed by atoms with Gasteiger partial charge in [0, 0.05) is 37.2 Å². The van der Waals surface area contributed by atoms with E-state index in [9.17, 15) is 4.79 Å². The van der Waals surface area contributed by atoms with Crippen LogP contribution >= 0.6 is 0 Å². The summed E-state index contributed by atoms with van der Waals surface area (Å²) in [6.45, 7) is 8.25. The van der Waals surface area contributed by atoms with E-state index in [-0.39, 0.29) is 24.2 Å².